The zero-order chi connectivity index (χ0) is 11.4. The largest absolute Gasteiger partial charge is 0.497 e. The zero-order valence-corrected chi connectivity index (χ0v) is 10.1. The number of hydrogen-bond acceptors (Lipinski definition) is 2. The van der Waals surface area contributed by atoms with Gasteiger partial charge in [0.2, 0.25) is 0 Å². The Hall–Kier alpha value is -1.02. The molecule has 1 aliphatic rings. The Labute approximate surface area is 97.6 Å². The van der Waals surface area contributed by atoms with E-state index in [0.717, 1.165) is 18.3 Å². The van der Waals surface area contributed by atoms with Crippen molar-refractivity contribution in [3.8, 4) is 5.75 Å². The maximum atomic E-state index is 5.93. The average molecular weight is 220 g/mol. The molecule has 1 aromatic carbocycles. The maximum absolute atomic E-state index is 5.93. The van der Waals surface area contributed by atoms with E-state index in [2.05, 4.69) is 19.1 Å². The Bertz CT molecular complexity index is 318. The van der Waals surface area contributed by atoms with Gasteiger partial charge in [0.25, 0.3) is 0 Å². The van der Waals surface area contributed by atoms with Crippen LogP contribution in [0.2, 0.25) is 0 Å². The molecule has 1 fully saturated rings. The molecule has 0 radical (unpaired) electrons. The lowest BCUT2D eigenvalue weighted by atomic mass is 10.1. The lowest BCUT2D eigenvalue weighted by Crippen LogP contribution is -2.15. The van der Waals surface area contributed by atoms with E-state index < -0.39 is 0 Å². The molecule has 0 heterocycles. The first-order chi connectivity index (χ1) is 7.79. The molecule has 2 rings (SSSR count). The molecule has 16 heavy (non-hydrogen) atoms. The van der Waals surface area contributed by atoms with E-state index in [-0.39, 0.29) is 0 Å². The topological polar surface area (TPSA) is 18.5 Å². The molecule has 0 saturated heterocycles. The second kappa shape index (κ2) is 5.35. The molecule has 1 unspecified atom stereocenters. The van der Waals surface area contributed by atoms with Gasteiger partial charge >= 0.3 is 0 Å². The molecule has 1 aromatic rings. The molecular weight excluding hydrogens is 200 g/mol. The minimum absolute atomic E-state index is 0.460. The Morgan fingerprint density at radius 2 is 1.94 bits per heavy atom. The first-order valence-electron chi connectivity index (χ1n) is 6.04. The van der Waals surface area contributed by atoms with Gasteiger partial charge in [-0.3, -0.25) is 0 Å². The first kappa shape index (κ1) is 11.5. The van der Waals surface area contributed by atoms with Crippen LogP contribution in [0.4, 0.5) is 0 Å². The van der Waals surface area contributed by atoms with E-state index in [0.29, 0.717) is 6.10 Å². The normalized spacial score (nSPS) is 24.6. The summed E-state index contributed by atoms with van der Waals surface area (Å²) in [6, 6.07) is 8.10. The van der Waals surface area contributed by atoms with Gasteiger partial charge in [-0.05, 0) is 36.5 Å². The van der Waals surface area contributed by atoms with Crippen LogP contribution in [0.15, 0.2) is 24.3 Å². The van der Waals surface area contributed by atoms with Crippen molar-refractivity contribution in [2.24, 2.45) is 5.92 Å². The van der Waals surface area contributed by atoms with Gasteiger partial charge in [-0.1, -0.05) is 25.5 Å². The van der Waals surface area contributed by atoms with Crippen molar-refractivity contribution in [1.82, 2.24) is 0 Å². The number of benzene rings is 1. The Morgan fingerprint density at radius 3 is 2.50 bits per heavy atom. The molecule has 2 atom stereocenters. The van der Waals surface area contributed by atoms with E-state index >= 15 is 0 Å². The summed E-state index contributed by atoms with van der Waals surface area (Å²) in [5, 5.41) is 0. The van der Waals surface area contributed by atoms with Gasteiger partial charge < -0.3 is 9.47 Å². The quantitative estimate of drug-likeness (QED) is 0.774. The smallest absolute Gasteiger partial charge is 0.118 e. The highest BCUT2D eigenvalue weighted by atomic mass is 16.5. The SMILES string of the molecule is COc1ccc(CO[C@@H]2CCCC2C)cc1. The van der Waals surface area contributed by atoms with Gasteiger partial charge in [-0.25, -0.2) is 0 Å². The van der Waals surface area contributed by atoms with Crippen LogP contribution >= 0.6 is 0 Å². The molecule has 1 saturated carbocycles. The molecule has 88 valence electrons. The molecular formula is C14H20O2. The summed E-state index contributed by atoms with van der Waals surface area (Å²) in [6.07, 6.45) is 4.31. The van der Waals surface area contributed by atoms with Crippen LogP contribution in [0.25, 0.3) is 0 Å². The van der Waals surface area contributed by atoms with Crippen LogP contribution in [0.1, 0.15) is 31.7 Å². The van der Waals surface area contributed by atoms with E-state index in [4.69, 9.17) is 9.47 Å². The number of rotatable bonds is 4. The van der Waals surface area contributed by atoms with E-state index in [9.17, 15) is 0 Å². The van der Waals surface area contributed by atoms with Crippen molar-refractivity contribution >= 4 is 0 Å². The molecule has 2 nitrogen and oxygen atoms in total. The third-order valence-electron chi connectivity index (χ3n) is 3.41. The summed E-state index contributed by atoms with van der Waals surface area (Å²) < 4.78 is 11.1. The fraction of sp³-hybridized carbons (Fsp3) is 0.571. The number of methoxy groups -OCH3 is 1. The Morgan fingerprint density at radius 1 is 1.19 bits per heavy atom. The Balaban J connectivity index is 1.84. The second-order valence-electron chi connectivity index (χ2n) is 4.61. The van der Waals surface area contributed by atoms with Crippen LogP contribution in [-0.2, 0) is 11.3 Å². The van der Waals surface area contributed by atoms with Crippen LogP contribution in [-0.4, -0.2) is 13.2 Å². The van der Waals surface area contributed by atoms with E-state index in [1.54, 1.807) is 7.11 Å². The molecule has 0 bridgehead atoms. The van der Waals surface area contributed by atoms with Gasteiger partial charge in [0, 0.05) is 0 Å². The third kappa shape index (κ3) is 2.76. The minimum Gasteiger partial charge on any atom is -0.497 e. The summed E-state index contributed by atoms with van der Waals surface area (Å²) >= 11 is 0. The minimum atomic E-state index is 0.460. The van der Waals surface area contributed by atoms with Crippen molar-refractivity contribution in [3.63, 3.8) is 0 Å². The molecule has 0 N–H and O–H groups in total. The lowest BCUT2D eigenvalue weighted by molar-refractivity contribution is 0.0206. The molecule has 0 amide bonds. The lowest BCUT2D eigenvalue weighted by Gasteiger charge is -2.16. The molecule has 1 aliphatic carbocycles. The average Bonchev–Trinajstić information content (AvgIpc) is 2.73. The van der Waals surface area contributed by atoms with Crippen molar-refractivity contribution < 1.29 is 9.47 Å². The summed E-state index contributed by atoms with van der Waals surface area (Å²) in [5.41, 5.74) is 1.22. The molecule has 0 spiro atoms. The molecule has 2 heteroatoms. The number of hydrogen-bond donors (Lipinski definition) is 0. The summed E-state index contributed by atoms with van der Waals surface area (Å²) in [6.45, 7) is 3.00. The monoisotopic (exact) mass is 220 g/mol. The van der Waals surface area contributed by atoms with Gasteiger partial charge in [0.1, 0.15) is 5.75 Å². The fourth-order valence-electron chi connectivity index (χ4n) is 2.28. The number of ether oxygens (including phenoxy) is 2. The first-order valence-corrected chi connectivity index (χ1v) is 6.04. The highest BCUT2D eigenvalue weighted by Crippen LogP contribution is 2.28. The van der Waals surface area contributed by atoms with Crippen molar-refractivity contribution in [1.29, 1.82) is 0 Å². The van der Waals surface area contributed by atoms with Gasteiger partial charge in [0.15, 0.2) is 0 Å². The fourth-order valence-corrected chi connectivity index (χ4v) is 2.28. The molecule has 0 aliphatic heterocycles. The van der Waals surface area contributed by atoms with Crippen LogP contribution < -0.4 is 4.74 Å². The van der Waals surface area contributed by atoms with Crippen molar-refractivity contribution in [2.45, 2.75) is 38.9 Å². The summed E-state index contributed by atoms with van der Waals surface area (Å²) in [5.74, 6) is 1.62. The maximum Gasteiger partial charge on any atom is 0.118 e. The highest BCUT2D eigenvalue weighted by molar-refractivity contribution is 5.26. The highest BCUT2D eigenvalue weighted by Gasteiger charge is 2.23. The Kier molecular flexibility index (Phi) is 3.83. The van der Waals surface area contributed by atoms with Crippen molar-refractivity contribution in [2.75, 3.05) is 7.11 Å². The predicted molar refractivity (Wildman–Crippen MR) is 64.6 cm³/mol. The zero-order valence-electron chi connectivity index (χ0n) is 10.1. The van der Waals surface area contributed by atoms with E-state index in [1.165, 1.54) is 24.8 Å². The standard InChI is InChI=1S/C14H20O2/c1-11-4-3-5-14(11)16-10-12-6-8-13(15-2)9-7-12/h6-9,11,14H,3-5,10H2,1-2H3/t11?,14-/m1/s1. The van der Waals surface area contributed by atoms with Crippen LogP contribution in [0.5, 0.6) is 5.75 Å². The van der Waals surface area contributed by atoms with Gasteiger partial charge in [0.05, 0.1) is 19.8 Å². The van der Waals surface area contributed by atoms with Crippen molar-refractivity contribution in [3.05, 3.63) is 29.8 Å². The van der Waals surface area contributed by atoms with Gasteiger partial charge in [-0.15, -0.1) is 0 Å². The van der Waals surface area contributed by atoms with Crippen LogP contribution in [0.3, 0.4) is 0 Å². The van der Waals surface area contributed by atoms with E-state index in [1.807, 2.05) is 12.1 Å². The van der Waals surface area contributed by atoms with Crippen LogP contribution in [0, 0.1) is 5.92 Å². The second-order valence-corrected chi connectivity index (χ2v) is 4.61. The third-order valence-corrected chi connectivity index (χ3v) is 3.41. The summed E-state index contributed by atoms with van der Waals surface area (Å²) in [4.78, 5) is 0. The predicted octanol–water partition coefficient (Wildman–Crippen LogP) is 3.40. The van der Waals surface area contributed by atoms with Gasteiger partial charge in [-0.2, -0.15) is 0 Å². The summed E-state index contributed by atoms with van der Waals surface area (Å²) in [7, 11) is 1.69. The molecule has 0 aromatic heterocycles.